The summed E-state index contributed by atoms with van der Waals surface area (Å²) < 4.78 is 58.4. The number of hydrogen-bond donors (Lipinski definition) is 1. The fourth-order valence-corrected chi connectivity index (χ4v) is 6.18. The van der Waals surface area contributed by atoms with E-state index in [1.54, 1.807) is 18.2 Å². The predicted molar refractivity (Wildman–Crippen MR) is 156 cm³/mol. The van der Waals surface area contributed by atoms with Gasteiger partial charge in [0.1, 0.15) is 29.9 Å². The van der Waals surface area contributed by atoms with E-state index in [4.69, 9.17) is 19.7 Å². The molecule has 7 rings (SSSR count). The fraction of sp³-hybridized carbons (Fsp3) is 0.235. The molecule has 226 valence electrons. The van der Waals surface area contributed by atoms with Crippen LogP contribution in [-0.4, -0.2) is 38.8 Å². The minimum atomic E-state index is -1.06. The highest BCUT2D eigenvalue weighted by molar-refractivity contribution is 5.92. The summed E-state index contributed by atoms with van der Waals surface area (Å²) in [6.07, 6.45) is 1.66. The second-order valence-corrected chi connectivity index (χ2v) is 11.6. The van der Waals surface area contributed by atoms with Crippen molar-refractivity contribution in [3.63, 3.8) is 0 Å². The minimum Gasteiger partial charge on any atom is -0.478 e. The van der Waals surface area contributed by atoms with E-state index in [0.29, 0.717) is 30.1 Å². The lowest BCUT2D eigenvalue weighted by molar-refractivity contribution is -0.174. The third-order valence-electron chi connectivity index (χ3n) is 8.57. The Balaban J connectivity index is 1.16. The van der Waals surface area contributed by atoms with Gasteiger partial charge >= 0.3 is 5.97 Å². The minimum absolute atomic E-state index is 0.00709. The van der Waals surface area contributed by atoms with Crippen molar-refractivity contribution in [2.24, 2.45) is 5.41 Å². The maximum absolute atomic E-state index is 15.6. The third-order valence-corrected chi connectivity index (χ3v) is 8.57. The molecule has 0 bridgehead atoms. The van der Waals surface area contributed by atoms with Gasteiger partial charge in [-0.15, -0.1) is 0 Å². The monoisotopic (exact) mass is 610 g/mol. The number of pyridine rings is 1. The number of aromatic nitrogens is 3. The van der Waals surface area contributed by atoms with E-state index in [0.717, 1.165) is 31.0 Å². The summed E-state index contributed by atoms with van der Waals surface area (Å²) in [6.45, 7) is 1.19. The van der Waals surface area contributed by atoms with Crippen molar-refractivity contribution in [1.82, 2.24) is 14.5 Å². The van der Waals surface area contributed by atoms with Crippen molar-refractivity contribution < 1.29 is 32.5 Å². The van der Waals surface area contributed by atoms with Crippen LogP contribution in [-0.2, 0) is 17.8 Å². The number of benzene rings is 3. The Morgan fingerprint density at radius 1 is 1.00 bits per heavy atom. The molecule has 2 aromatic heterocycles. The molecule has 0 radical (unpaired) electrons. The van der Waals surface area contributed by atoms with Crippen LogP contribution in [0, 0.1) is 34.2 Å². The molecule has 8 nitrogen and oxygen atoms in total. The molecule has 2 aliphatic rings. The highest BCUT2D eigenvalue weighted by atomic mass is 19.1. The first kappa shape index (κ1) is 28.6. The number of carboxylic acids is 1. The van der Waals surface area contributed by atoms with Gasteiger partial charge in [0.05, 0.1) is 47.1 Å². The van der Waals surface area contributed by atoms with Crippen LogP contribution in [0.2, 0.25) is 0 Å². The molecular weight excluding hydrogens is 585 g/mol. The maximum atomic E-state index is 15.6. The first-order chi connectivity index (χ1) is 21.7. The quantitative estimate of drug-likeness (QED) is 0.211. The number of carboxylic acid groups (broad SMARTS) is 1. The van der Waals surface area contributed by atoms with E-state index < -0.39 is 23.4 Å². The summed E-state index contributed by atoms with van der Waals surface area (Å²) in [4.78, 5) is 20.7. The summed E-state index contributed by atoms with van der Waals surface area (Å²) in [5, 5.41) is 18.5. The number of rotatable bonds is 8. The lowest BCUT2D eigenvalue weighted by atomic mass is 9.64. The molecule has 1 saturated carbocycles. The summed E-state index contributed by atoms with van der Waals surface area (Å²) >= 11 is 0. The zero-order valence-corrected chi connectivity index (χ0v) is 23.8. The zero-order chi connectivity index (χ0) is 31.3. The van der Waals surface area contributed by atoms with Crippen molar-refractivity contribution >= 4 is 17.0 Å². The van der Waals surface area contributed by atoms with Crippen molar-refractivity contribution in [1.29, 1.82) is 5.26 Å². The Morgan fingerprint density at radius 3 is 2.51 bits per heavy atom. The van der Waals surface area contributed by atoms with Crippen LogP contribution in [0.5, 0.6) is 5.88 Å². The summed E-state index contributed by atoms with van der Waals surface area (Å²) in [6, 6.07) is 17.4. The van der Waals surface area contributed by atoms with Gasteiger partial charge in [-0.25, -0.2) is 27.9 Å². The van der Waals surface area contributed by atoms with Gasteiger partial charge in [0.15, 0.2) is 0 Å². The highest BCUT2D eigenvalue weighted by Crippen LogP contribution is 2.54. The van der Waals surface area contributed by atoms with Crippen molar-refractivity contribution in [2.75, 3.05) is 13.2 Å². The first-order valence-corrected chi connectivity index (χ1v) is 14.3. The van der Waals surface area contributed by atoms with Crippen LogP contribution in [0.1, 0.15) is 51.8 Å². The van der Waals surface area contributed by atoms with E-state index >= 15 is 8.78 Å². The summed E-state index contributed by atoms with van der Waals surface area (Å²) in [5.74, 6) is -2.40. The molecule has 1 aliphatic carbocycles. The van der Waals surface area contributed by atoms with E-state index in [9.17, 15) is 14.3 Å². The average Bonchev–Trinajstić information content (AvgIpc) is 3.33. The molecule has 2 fully saturated rings. The van der Waals surface area contributed by atoms with Crippen LogP contribution < -0.4 is 4.74 Å². The van der Waals surface area contributed by atoms with E-state index in [2.05, 4.69) is 4.98 Å². The van der Waals surface area contributed by atoms with Crippen LogP contribution in [0.3, 0.4) is 0 Å². The molecule has 45 heavy (non-hydrogen) atoms. The maximum Gasteiger partial charge on any atom is 0.335 e. The topological polar surface area (TPSA) is 110 Å². The lowest BCUT2D eigenvalue weighted by Gasteiger charge is -2.53. The number of nitrogens with zero attached hydrogens (tertiary/aromatic N) is 4. The molecule has 1 N–H and O–H groups in total. The largest absolute Gasteiger partial charge is 0.478 e. The van der Waals surface area contributed by atoms with Crippen molar-refractivity contribution in [2.45, 2.75) is 31.9 Å². The molecule has 11 heteroatoms. The Kier molecular flexibility index (Phi) is 7.01. The zero-order valence-electron chi connectivity index (χ0n) is 23.8. The van der Waals surface area contributed by atoms with Crippen LogP contribution in [0.25, 0.3) is 22.3 Å². The number of ether oxygens (including phenoxy) is 2. The second-order valence-electron chi connectivity index (χ2n) is 11.6. The SMILES string of the molecule is N#Cc1ccc(COc2cccc(-c3cc(F)c(Cc4nc5ccc(C(=O)O)cc5n4C4CC5(COC5)C4)cc3F)n2)c(F)c1. The number of nitriles is 1. The Bertz CT molecular complexity index is 2020. The molecule has 3 heterocycles. The van der Waals surface area contributed by atoms with Crippen LogP contribution >= 0.6 is 0 Å². The van der Waals surface area contributed by atoms with Gasteiger partial charge in [-0.3, -0.25) is 0 Å². The molecular formula is C34H25F3N4O4. The molecule has 1 aliphatic heterocycles. The van der Waals surface area contributed by atoms with Crippen LogP contribution in [0.15, 0.2) is 66.7 Å². The highest BCUT2D eigenvalue weighted by Gasteiger charge is 2.51. The number of hydrogen-bond acceptors (Lipinski definition) is 6. The number of fused-ring (bicyclic) bond motifs is 1. The fourth-order valence-electron chi connectivity index (χ4n) is 6.18. The first-order valence-electron chi connectivity index (χ1n) is 14.3. The second kappa shape index (κ2) is 11.1. The summed E-state index contributed by atoms with van der Waals surface area (Å²) in [5.41, 5.74) is 2.01. The van der Waals surface area contributed by atoms with Gasteiger partial charge in [-0.2, -0.15) is 5.26 Å². The number of halogens is 3. The normalized spacial score (nSPS) is 15.4. The molecule has 5 aromatic rings. The van der Waals surface area contributed by atoms with E-state index in [1.165, 1.54) is 30.3 Å². The summed E-state index contributed by atoms with van der Waals surface area (Å²) in [7, 11) is 0. The van der Waals surface area contributed by atoms with Gasteiger partial charge < -0.3 is 19.1 Å². The molecule has 3 aromatic carbocycles. The number of carbonyl (C=O) groups is 1. The molecule has 0 unspecified atom stereocenters. The third kappa shape index (κ3) is 5.27. The van der Waals surface area contributed by atoms with Gasteiger partial charge in [0.25, 0.3) is 0 Å². The average molecular weight is 611 g/mol. The van der Waals surface area contributed by atoms with Crippen molar-refractivity contribution in [3.8, 4) is 23.2 Å². The Morgan fingerprint density at radius 2 is 1.80 bits per heavy atom. The molecule has 1 spiro atoms. The van der Waals surface area contributed by atoms with E-state index in [-0.39, 0.29) is 63.9 Å². The van der Waals surface area contributed by atoms with Gasteiger partial charge in [0.2, 0.25) is 5.88 Å². The molecule has 1 saturated heterocycles. The number of imidazole rings is 1. The predicted octanol–water partition coefficient (Wildman–Crippen LogP) is 6.61. The standard InChI is InChI=1S/C34H25F3N4O4/c35-25-8-19(15-38)4-5-21(25)16-45-32-3-1-2-28(40-32)24-12-26(36)22(9-27(24)37)11-31-39-29-7-6-20(33(42)43)10-30(29)41(31)23-13-34(14-23)17-44-18-34/h1-10,12,23H,11,13-14,16-18H2,(H,42,43). The van der Waals surface area contributed by atoms with Crippen LogP contribution in [0.4, 0.5) is 13.2 Å². The van der Waals surface area contributed by atoms with E-state index in [1.807, 2.05) is 10.6 Å². The van der Waals surface area contributed by atoms with Gasteiger partial charge in [-0.05, 0) is 66.9 Å². The lowest BCUT2D eigenvalue weighted by Crippen LogP contribution is -2.52. The Hall–Kier alpha value is -5.21. The number of aromatic carboxylic acids is 1. The Labute approximate surface area is 255 Å². The van der Waals surface area contributed by atoms with Crippen molar-refractivity contribution in [3.05, 3.63) is 112 Å². The molecule has 0 amide bonds. The molecule has 0 atom stereocenters. The van der Waals surface area contributed by atoms with Gasteiger partial charge in [0, 0.05) is 35.1 Å². The van der Waals surface area contributed by atoms with Gasteiger partial charge in [-0.1, -0.05) is 12.1 Å². The smallest absolute Gasteiger partial charge is 0.335 e.